The predicted molar refractivity (Wildman–Crippen MR) is 91.4 cm³/mol. The number of hydrogen-bond acceptors (Lipinski definition) is 4. The molecule has 1 aromatic heterocycles. The molecule has 0 saturated heterocycles. The zero-order valence-corrected chi connectivity index (χ0v) is 14.5. The van der Waals surface area contributed by atoms with Crippen LogP contribution in [0.15, 0.2) is 34.7 Å². The van der Waals surface area contributed by atoms with E-state index in [0.29, 0.717) is 18.7 Å². The summed E-state index contributed by atoms with van der Waals surface area (Å²) in [6.07, 6.45) is 0.729. The first kappa shape index (κ1) is 18.1. The van der Waals surface area contributed by atoms with Gasteiger partial charge in [0.15, 0.2) is 5.76 Å². The minimum absolute atomic E-state index is 0.214. The van der Waals surface area contributed by atoms with Crippen molar-refractivity contribution in [1.29, 1.82) is 0 Å². The topological polar surface area (TPSA) is 68.5 Å². The second-order valence-electron chi connectivity index (χ2n) is 5.52. The van der Waals surface area contributed by atoms with Gasteiger partial charge in [0, 0.05) is 13.0 Å². The van der Waals surface area contributed by atoms with Crippen molar-refractivity contribution in [1.82, 2.24) is 5.32 Å². The largest absolute Gasteiger partial charge is 0.486 e. The van der Waals surface area contributed by atoms with Gasteiger partial charge in [0.2, 0.25) is 5.24 Å². The summed E-state index contributed by atoms with van der Waals surface area (Å²) in [6, 6.07) is 9.16. The second kappa shape index (κ2) is 8.55. The third kappa shape index (κ3) is 5.42. The van der Waals surface area contributed by atoms with Crippen LogP contribution in [0.3, 0.4) is 0 Å². The highest BCUT2D eigenvalue weighted by Crippen LogP contribution is 2.18. The van der Waals surface area contributed by atoms with Crippen LogP contribution in [-0.2, 0) is 11.4 Å². The summed E-state index contributed by atoms with van der Waals surface area (Å²) in [6.45, 7) is 4.68. The van der Waals surface area contributed by atoms with Crippen LogP contribution >= 0.6 is 11.6 Å². The number of ether oxygens (including phenoxy) is 1. The molecule has 0 saturated carbocycles. The molecule has 5 nitrogen and oxygen atoms in total. The van der Waals surface area contributed by atoms with Crippen molar-refractivity contribution in [2.24, 2.45) is 0 Å². The Morgan fingerprint density at radius 1 is 1.17 bits per heavy atom. The van der Waals surface area contributed by atoms with Crippen molar-refractivity contribution in [3.05, 3.63) is 53.0 Å². The summed E-state index contributed by atoms with van der Waals surface area (Å²) in [7, 11) is 0. The first-order chi connectivity index (χ1) is 11.5. The highest BCUT2D eigenvalue weighted by molar-refractivity contribution is 6.63. The number of carbonyl (C=O) groups excluding carboxylic acids is 2. The average Bonchev–Trinajstić information content (AvgIpc) is 3.01. The zero-order valence-electron chi connectivity index (χ0n) is 13.7. The van der Waals surface area contributed by atoms with Gasteiger partial charge in [-0.1, -0.05) is 6.07 Å². The highest BCUT2D eigenvalue weighted by atomic mass is 35.5. The molecule has 0 aliphatic heterocycles. The number of rotatable bonds is 8. The maximum atomic E-state index is 11.9. The summed E-state index contributed by atoms with van der Waals surface area (Å²) in [5.74, 6) is 1.21. The fourth-order valence-electron chi connectivity index (χ4n) is 2.05. The lowest BCUT2D eigenvalue weighted by Gasteiger charge is -2.07. The molecule has 1 aromatic carbocycles. The van der Waals surface area contributed by atoms with E-state index in [2.05, 4.69) is 5.32 Å². The van der Waals surface area contributed by atoms with E-state index in [1.807, 2.05) is 32.0 Å². The Labute approximate surface area is 145 Å². The van der Waals surface area contributed by atoms with E-state index >= 15 is 0 Å². The van der Waals surface area contributed by atoms with Gasteiger partial charge in [-0.3, -0.25) is 9.59 Å². The fourth-order valence-corrected chi connectivity index (χ4v) is 2.19. The van der Waals surface area contributed by atoms with Gasteiger partial charge in [0.25, 0.3) is 5.91 Å². The lowest BCUT2D eigenvalue weighted by molar-refractivity contribution is -0.111. The van der Waals surface area contributed by atoms with Gasteiger partial charge >= 0.3 is 0 Å². The minimum atomic E-state index is -0.409. The number of aryl methyl sites for hydroxylation is 2. The molecule has 0 fully saturated rings. The van der Waals surface area contributed by atoms with Gasteiger partial charge in [-0.05, 0) is 67.3 Å². The predicted octanol–water partition coefficient (Wildman–Crippen LogP) is 3.75. The Morgan fingerprint density at radius 3 is 2.67 bits per heavy atom. The first-order valence-electron chi connectivity index (χ1n) is 7.71. The molecule has 1 heterocycles. The number of halogens is 1. The van der Waals surface area contributed by atoms with Crippen LogP contribution < -0.4 is 10.1 Å². The molecule has 128 valence electrons. The van der Waals surface area contributed by atoms with Gasteiger partial charge in [-0.15, -0.1) is 0 Å². The lowest BCUT2D eigenvalue weighted by atomic mass is 10.1. The van der Waals surface area contributed by atoms with Gasteiger partial charge in [0.1, 0.15) is 18.1 Å². The van der Waals surface area contributed by atoms with Crippen molar-refractivity contribution >= 4 is 22.8 Å². The molecule has 1 N–H and O–H groups in total. The van der Waals surface area contributed by atoms with Gasteiger partial charge in [-0.2, -0.15) is 0 Å². The number of furan rings is 1. The lowest BCUT2D eigenvalue weighted by Crippen LogP contribution is -2.24. The number of benzene rings is 1. The van der Waals surface area contributed by atoms with Crippen LogP contribution in [0, 0.1) is 13.8 Å². The summed E-state index contributed by atoms with van der Waals surface area (Å²) in [4.78, 5) is 22.5. The van der Waals surface area contributed by atoms with E-state index in [-0.39, 0.29) is 24.7 Å². The maximum Gasteiger partial charge on any atom is 0.286 e. The molecule has 0 radical (unpaired) electrons. The molecule has 0 spiro atoms. The molecule has 0 aliphatic carbocycles. The van der Waals surface area contributed by atoms with Gasteiger partial charge in [0.05, 0.1) is 0 Å². The van der Waals surface area contributed by atoms with Crippen LogP contribution in [0.25, 0.3) is 0 Å². The highest BCUT2D eigenvalue weighted by Gasteiger charge is 2.11. The molecule has 0 unspecified atom stereocenters. The standard InChI is InChI=1S/C18H20ClNO4/c1-12-5-6-14(10-13(12)2)23-11-15-7-8-16(24-15)18(22)20-9-3-4-17(19)21/h5-8,10H,3-4,9,11H2,1-2H3,(H,20,22). The Kier molecular flexibility index (Phi) is 6.44. The summed E-state index contributed by atoms with van der Waals surface area (Å²) in [5, 5.41) is 2.26. The molecule has 0 aliphatic rings. The van der Waals surface area contributed by atoms with Crippen molar-refractivity contribution in [2.75, 3.05) is 6.54 Å². The smallest absolute Gasteiger partial charge is 0.286 e. The number of amides is 1. The van der Waals surface area contributed by atoms with E-state index in [1.165, 1.54) is 5.56 Å². The van der Waals surface area contributed by atoms with E-state index in [1.54, 1.807) is 12.1 Å². The third-order valence-corrected chi connectivity index (χ3v) is 3.77. The van der Waals surface area contributed by atoms with E-state index in [9.17, 15) is 9.59 Å². The van der Waals surface area contributed by atoms with Crippen molar-refractivity contribution in [3.63, 3.8) is 0 Å². The van der Waals surface area contributed by atoms with Crippen LogP contribution in [-0.4, -0.2) is 17.7 Å². The van der Waals surface area contributed by atoms with Crippen molar-refractivity contribution < 1.29 is 18.7 Å². The molecular formula is C18H20ClNO4. The average molecular weight is 350 g/mol. The maximum absolute atomic E-state index is 11.9. The Balaban J connectivity index is 1.82. The quantitative estimate of drug-likeness (QED) is 0.582. The van der Waals surface area contributed by atoms with Crippen LogP contribution in [0.4, 0.5) is 0 Å². The molecular weight excluding hydrogens is 330 g/mol. The molecule has 1 amide bonds. The molecule has 0 bridgehead atoms. The fraction of sp³-hybridized carbons (Fsp3) is 0.333. The molecule has 2 aromatic rings. The van der Waals surface area contributed by atoms with Gasteiger partial charge < -0.3 is 14.5 Å². The number of nitrogens with one attached hydrogen (secondary N) is 1. The van der Waals surface area contributed by atoms with E-state index < -0.39 is 5.24 Å². The van der Waals surface area contributed by atoms with Gasteiger partial charge in [-0.25, -0.2) is 0 Å². The Hall–Kier alpha value is -2.27. The molecule has 2 rings (SSSR count). The van der Waals surface area contributed by atoms with Crippen molar-refractivity contribution in [3.8, 4) is 5.75 Å². The molecule has 0 atom stereocenters. The third-order valence-electron chi connectivity index (χ3n) is 3.58. The minimum Gasteiger partial charge on any atom is -0.486 e. The number of hydrogen-bond donors (Lipinski definition) is 1. The SMILES string of the molecule is Cc1ccc(OCc2ccc(C(=O)NCCCC(=O)Cl)o2)cc1C. The number of carbonyl (C=O) groups is 2. The summed E-state index contributed by atoms with van der Waals surface area (Å²) < 4.78 is 11.1. The van der Waals surface area contributed by atoms with Crippen LogP contribution in [0.2, 0.25) is 0 Å². The summed E-state index contributed by atoms with van der Waals surface area (Å²) >= 11 is 5.23. The molecule has 24 heavy (non-hydrogen) atoms. The van der Waals surface area contributed by atoms with E-state index in [0.717, 1.165) is 11.3 Å². The molecule has 6 heteroatoms. The normalized spacial score (nSPS) is 10.5. The second-order valence-corrected chi connectivity index (χ2v) is 5.94. The Bertz CT molecular complexity index is 724. The van der Waals surface area contributed by atoms with E-state index in [4.69, 9.17) is 20.8 Å². The first-order valence-corrected chi connectivity index (χ1v) is 8.09. The monoisotopic (exact) mass is 349 g/mol. The van der Waals surface area contributed by atoms with Crippen molar-refractivity contribution in [2.45, 2.75) is 33.3 Å². The van der Waals surface area contributed by atoms with Crippen LogP contribution in [0.1, 0.15) is 40.3 Å². The zero-order chi connectivity index (χ0) is 17.5. The summed E-state index contributed by atoms with van der Waals surface area (Å²) in [5.41, 5.74) is 2.36. The Morgan fingerprint density at radius 2 is 1.96 bits per heavy atom. The van der Waals surface area contributed by atoms with Crippen LogP contribution in [0.5, 0.6) is 5.75 Å².